The molecule has 7 nitrogen and oxygen atoms in total. The molecule has 0 spiro atoms. The van der Waals surface area contributed by atoms with Gasteiger partial charge in [0.05, 0.1) is 10.8 Å². The minimum absolute atomic E-state index is 0.0676. The number of para-hydroxylation sites is 1. The van der Waals surface area contributed by atoms with Crippen LogP contribution in [-0.4, -0.2) is 45.4 Å². The lowest BCUT2D eigenvalue weighted by atomic mass is 10.2. The van der Waals surface area contributed by atoms with E-state index in [1.807, 2.05) is 34.9 Å². The molecule has 3 aromatic rings. The zero-order valence-electron chi connectivity index (χ0n) is 17.1. The van der Waals surface area contributed by atoms with Gasteiger partial charge in [0, 0.05) is 35.3 Å². The Morgan fingerprint density at radius 1 is 1.03 bits per heavy atom. The zero-order chi connectivity index (χ0) is 22.5. The molecule has 1 saturated carbocycles. The standard InChI is InChI=1S/C22H21Cl2N5O2S/c23-15-8-9-17(18(24)12-15)20-27-28-22(29(20)16-4-2-1-3-5-16)32-13-19(30)25-10-11-26-21(31)14-6-7-14/h1-5,8-9,12,14H,6-7,10-11,13H2,(H,25,30)(H,26,31). The molecule has 0 aliphatic heterocycles. The summed E-state index contributed by atoms with van der Waals surface area (Å²) in [6, 6.07) is 14.8. The van der Waals surface area contributed by atoms with Gasteiger partial charge in [-0.25, -0.2) is 0 Å². The number of carbonyl (C=O) groups excluding carboxylic acids is 2. The van der Waals surface area contributed by atoms with Crippen molar-refractivity contribution in [1.29, 1.82) is 0 Å². The van der Waals surface area contributed by atoms with Crippen LogP contribution in [0.4, 0.5) is 0 Å². The Hall–Kier alpha value is -2.55. The summed E-state index contributed by atoms with van der Waals surface area (Å²) in [5.41, 5.74) is 1.54. The molecule has 1 fully saturated rings. The zero-order valence-corrected chi connectivity index (χ0v) is 19.4. The van der Waals surface area contributed by atoms with E-state index in [2.05, 4.69) is 20.8 Å². The molecule has 32 heavy (non-hydrogen) atoms. The van der Waals surface area contributed by atoms with Crippen molar-refractivity contribution in [2.45, 2.75) is 18.0 Å². The molecule has 10 heteroatoms. The summed E-state index contributed by atoms with van der Waals surface area (Å²) >= 11 is 13.7. The Bertz CT molecular complexity index is 1120. The highest BCUT2D eigenvalue weighted by Crippen LogP contribution is 2.33. The molecule has 0 unspecified atom stereocenters. The first-order valence-corrected chi connectivity index (χ1v) is 11.9. The predicted molar refractivity (Wildman–Crippen MR) is 126 cm³/mol. The molecule has 4 rings (SSSR count). The molecule has 2 N–H and O–H groups in total. The smallest absolute Gasteiger partial charge is 0.230 e. The monoisotopic (exact) mass is 489 g/mol. The number of halogens is 2. The number of aromatic nitrogens is 3. The summed E-state index contributed by atoms with van der Waals surface area (Å²) < 4.78 is 1.86. The third-order valence-electron chi connectivity index (χ3n) is 4.85. The number of hydrogen-bond donors (Lipinski definition) is 2. The van der Waals surface area contributed by atoms with Gasteiger partial charge in [-0.15, -0.1) is 10.2 Å². The van der Waals surface area contributed by atoms with Crippen molar-refractivity contribution in [1.82, 2.24) is 25.4 Å². The number of benzene rings is 2. The summed E-state index contributed by atoms with van der Waals surface area (Å²) in [7, 11) is 0. The predicted octanol–water partition coefficient (Wildman–Crippen LogP) is 3.98. The summed E-state index contributed by atoms with van der Waals surface area (Å²) in [6.07, 6.45) is 1.92. The van der Waals surface area contributed by atoms with Gasteiger partial charge in [-0.05, 0) is 43.2 Å². The summed E-state index contributed by atoms with van der Waals surface area (Å²) in [6.45, 7) is 0.806. The van der Waals surface area contributed by atoms with E-state index >= 15 is 0 Å². The molecule has 0 atom stereocenters. The molecule has 2 aromatic carbocycles. The molecule has 0 radical (unpaired) electrons. The number of nitrogens with one attached hydrogen (secondary N) is 2. The Morgan fingerprint density at radius 3 is 2.50 bits per heavy atom. The highest BCUT2D eigenvalue weighted by molar-refractivity contribution is 7.99. The number of hydrogen-bond acceptors (Lipinski definition) is 5. The van der Waals surface area contributed by atoms with Gasteiger partial charge in [-0.3, -0.25) is 14.2 Å². The number of thioether (sulfide) groups is 1. The molecule has 1 aliphatic rings. The van der Waals surface area contributed by atoms with E-state index in [9.17, 15) is 9.59 Å². The average molecular weight is 490 g/mol. The van der Waals surface area contributed by atoms with Gasteiger partial charge in [0.15, 0.2) is 11.0 Å². The molecule has 0 bridgehead atoms. The van der Waals surface area contributed by atoms with E-state index in [1.54, 1.807) is 18.2 Å². The van der Waals surface area contributed by atoms with Crippen LogP contribution in [0.1, 0.15) is 12.8 Å². The van der Waals surface area contributed by atoms with Gasteiger partial charge in [-0.1, -0.05) is 53.2 Å². The first-order valence-electron chi connectivity index (χ1n) is 10.2. The lowest BCUT2D eigenvalue weighted by Gasteiger charge is -2.11. The summed E-state index contributed by atoms with van der Waals surface area (Å²) in [5, 5.41) is 15.8. The summed E-state index contributed by atoms with van der Waals surface area (Å²) in [5.74, 6) is 0.801. The number of carbonyl (C=O) groups is 2. The van der Waals surface area contributed by atoms with Crippen molar-refractivity contribution in [2.75, 3.05) is 18.8 Å². The Balaban J connectivity index is 1.44. The second-order valence-electron chi connectivity index (χ2n) is 7.31. The van der Waals surface area contributed by atoms with Gasteiger partial charge < -0.3 is 10.6 Å². The van der Waals surface area contributed by atoms with E-state index in [0.29, 0.717) is 39.7 Å². The Kier molecular flexibility index (Phi) is 7.34. The van der Waals surface area contributed by atoms with Crippen molar-refractivity contribution in [3.8, 4) is 17.1 Å². The van der Waals surface area contributed by atoms with Crippen LogP contribution in [-0.2, 0) is 9.59 Å². The van der Waals surface area contributed by atoms with Crippen molar-refractivity contribution in [3.05, 3.63) is 58.6 Å². The number of amides is 2. The maximum absolute atomic E-state index is 12.3. The summed E-state index contributed by atoms with van der Waals surface area (Å²) in [4.78, 5) is 23.9. The molecular formula is C22H21Cl2N5O2S. The van der Waals surface area contributed by atoms with Crippen LogP contribution in [0, 0.1) is 5.92 Å². The van der Waals surface area contributed by atoms with Crippen LogP contribution in [0.15, 0.2) is 53.7 Å². The third kappa shape index (κ3) is 5.62. The highest BCUT2D eigenvalue weighted by atomic mass is 35.5. The SMILES string of the molecule is O=C(CSc1nnc(-c2ccc(Cl)cc2Cl)n1-c1ccccc1)NCCNC(=O)C1CC1. The fourth-order valence-corrected chi connectivity index (χ4v) is 4.35. The van der Waals surface area contributed by atoms with E-state index < -0.39 is 0 Å². The number of nitrogens with zero attached hydrogens (tertiary/aromatic N) is 3. The lowest BCUT2D eigenvalue weighted by molar-refractivity contribution is -0.123. The second-order valence-corrected chi connectivity index (χ2v) is 9.09. The van der Waals surface area contributed by atoms with Gasteiger partial charge >= 0.3 is 0 Å². The Morgan fingerprint density at radius 2 is 1.78 bits per heavy atom. The van der Waals surface area contributed by atoms with Crippen LogP contribution >= 0.6 is 35.0 Å². The minimum Gasteiger partial charge on any atom is -0.354 e. The van der Waals surface area contributed by atoms with Gasteiger partial charge in [-0.2, -0.15) is 0 Å². The first kappa shape index (κ1) is 22.6. The van der Waals surface area contributed by atoms with Crippen molar-refractivity contribution < 1.29 is 9.59 Å². The maximum Gasteiger partial charge on any atom is 0.230 e. The largest absolute Gasteiger partial charge is 0.354 e. The van der Waals surface area contributed by atoms with Crippen LogP contribution in [0.25, 0.3) is 17.1 Å². The van der Waals surface area contributed by atoms with Crippen LogP contribution in [0.2, 0.25) is 10.0 Å². The van der Waals surface area contributed by atoms with Crippen LogP contribution in [0.5, 0.6) is 0 Å². The van der Waals surface area contributed by atoms with Gasteiger partial charge in [0.25, 0.3) is 0 Å². The van der Waals surface area contributed by atoms with Crippen LogP contribution < -0.4 is 10.6 Å². The van der Waals surface area contributed by atoms with Crippen molar-refractivity contribution in [2.24, 2.45) is 5.92 Å². The van der Waals surface area contributed by atoms with E-state index in [1.165, 1.54) is 11.8 Å². The van der Waals surface area contributed by atoms with Crippen molar-refractivity contribution >= 4 is 46.8 Å². The quantitative estimate of drug-likeness (QED) is 0.350. The van der Waals surface area contributed by atoms with Gasteiger partial charge in [0.1, 0.15) is 0 Å². The molecule has 166 valence electrons. The molecule has 0 saturated heterocycles. The molecule has 2 amide bonds. The lowest BCUT2D eigenvalue weighted by Crippen LogP contribution is -2.36. The molecule has 1 aliphatic carbocycles. The van der Waals surface area contributed by atoms with Gasteiger partial charge in [0.2, 0.25) is 11.8 Å². The van der Waals surface area contributed by atoms with E-state index in [0.717, 1.165) is 18.5 Å². The van der Waals surface area contributed by atoms with E-state index in [-0.39, 0.29) is 23.5 Å². The topological polar surface area (TPSA) is 88.9 Å². The number of rotatable bonds is 9. The van der Waals surface area contributed by atoms with E-state index in [4.69, 9.17) is 23.2 Å². The van der Waals surface area contributed by atoms with Crippen LogP contribution in [0.3, 0.4) is 0 Å². The molecule has 1 aromatic heterocycles. The molecule has 1 heterocycles. The Labute approximate surface area is 199 Å². The fourth-order valence-electron chi connectivity index (χ4n) is 3.08. The highest BCUT2D eigenvalue weighted by Gasteiger charge is 2.29. The normalized spacial score (nSPS) is 13.1. The molecular weight excluding hydrogens is 469 g/mol. The first-order chi connectivity index (χ1) is 15.5. The second kappa shape index (κ2) is 10.4. The fraction of sp³-hybridized carbons (Fsp3) is 0.273. The third-order valence-corrected chi connectivity index (χ3v) is 6.32. The maximum atomic E-state index is 12.3. The van der Waals surface area contributed by atoms with Crippen molar-refractivity contribution in [3.63, 3.8) is 0 Å². The average Bonchev–Trinajstić information content (AvgIpc) is 3.56. The minimum atomic E-state index is -0.149.